The maximum absolute atomic E-state index is 11.1. The second-order valence-corrected chi connectivity index (χ2v) is 5.90. The van der Waals surface area contributed by atoms with E-state index in [0.717, 1.165) is 20.3 Å². The molecule has 1 heterocycles. The Morgan fingerprint density at radius 3 is 2.73 bits per heavy atom. The number of anilines is 1. The number of aryl methyl sites for hydroxylation is 1. The minimum absolute atomic E-state index is 0.309. The summed E-state index contributed by atoms with van der Waals surface area (Å²) in [4.78, 5) is 14.9. The maximum Gasteiger partial charge on any atom is 0.363 e. The minimum atomic E-state index is -0.533. The molecule has 0 aliphatic carbocycles. The van der Waals surface area contributed by atoms with Crippen molar-refractivity contribution in [2.75, 3.05) is 12.0 Å². The van der Waals surface area contributed by atoms with E-state index < -0.39 is 5.69 Å². The molecule has 0 bridgehead atoms. The maximum atomic E-state index is 11.1. The topological polar surface area (TPSA) is 92.3 Å². The summed E-state index contributed by atoms with van der Waals surface area (Å²) < 4.78 is 7.15. The summed E-state index contributed by atoms with van der Waals surface area (Å²) in [6.45, 7) is 4.21. The molecule has 116 valence electrons. The van der Waals surface area contributed by atoms with Crippen LogP contribution in [0, 0.1) is 6.92 Å². The number of ether oxygens (including phenoxy) is 1. The molecule has 0 atom stereocenters. The van der Waals surface area contributed by atoms with Gasteiger partial charge in [-0.2, -0.15) is 15.2 Å². The Kier molecular flexibility index (Phi) is 5.67. The van der Waals surface area contributed by atoms with Gasteiger partial charge in [-0.15, -0.1) is 0 Å². The van der Waals surface area contributed by atoms with Gasteiger partial charge in [0.25, 0.3) is 0 Å². The van der Waals surface area contributed by atoms with Gasteiger partial charge in [-0.05, 0) is 63.4 Å². The highest BCUT2D eigenvalue weighted by Gasteiger charge is 2.07. The van der Waals surface area contributed by atoms with Crippen LogP contribution in [0.3, 0.4) is 0 Å². The molecule has 0 radical (unpaired) electrons. The second kappa shape index (κ2) is 7.50. The number of halogens is 2. The number of aromatic amines is 1. The van der Waals surface area contributed by atoms with Crippen molar-refractivity contribution in [2.24, 2.45) is 5.10 Å². The van der Waals surface area contributed by atoms with E-state index in [2.05, 4.69) is 57.6 Å². The summed E-state index contributed by atoms with van der Waals surface area (Å²) in [5, 5.41) is 10.1. The molecule has 0 aliphatic rings. The number of rotatable bonds is 5. The second-order valence-electron chi connectivity index (χ2n) is 4.19. The lowest BCUT2D eigenvalue weighted by molar-refractivity contribution is 0.336. The van der Waals surface area contributed by atoms with Gasteiger partial charge < -0.3 is 4.74 Å². The first-order valence-corrected chi connectivity index (χ1v) is 7.94. The van der Waals surface area contributed by atoms with E-state index in [1.54, 1.807) is 13.1 Å². The number of nitrogens with zero attached hydrogens (tertiary/aromatic N) is 3. The van der Waals surface area contributed by atoms with Crippen LogP contribution in [0.15, 0.2) is 31.0 Å². The Bertz CT molecular complexity index is 737. The number of benzene rings is 1. The van der Waals surface area contributed by atoms with E-state index >= 15 is 0 Å². The molecule has 2 aromatic rings. The monoisotopic (exact) mass is 429 g/mol. The molecular weight excluding hydrogens is 418 g/mol. The standard InChI is InChI=1S/C13H13Br2N5O2/c1-3-22-11-9(14)4-8(5-10(11)15)6-16-19-12-7(2)18-20-13(21)17-12/h4-6H,3H2,1-2H3,(H2,17,19,20,21)/b16-6+. The zero-order chi connectivity index (χ0) is 16.1. The molecule has 0 amide bonds. The van der Waals surface area contributed by atoms with Gasteiger partial charge in [0, 0.05) is 0 Å². The average molecular weight is 431 g/mol. The zero-order valence-electron chi connectivity index (χ0n) is 11.9. The van der Waals surface area contributed by atoms with E-state index in [1.807, 2.05) is 19.1 Å². The third-order valence-electron chi connectivity index (χ3n) is 2.57. The minimum Gasteiger partial charge on any atom is -0.492 e. The summed E-state index contributed by atoms with van der Waals surface area (Å²) in [6.07, 6.45) is 1.60. The van der Waals surface area contributed by atoms with Crippen LogP contribution in [-0.2, 0) is 0 Å². The zero-order valence-corrected chi connectivity index (χ0v) is 15.0. The van der Waals surface area contributed by atoms with Gasteiger partial charge in [-0.1, -0.05) is 0 Å². The molecule has 1 aromatic heterocycles. The number of H-pyrrole nitrogens is 1. The number of aromatic nitrogens is 3. The Morgan fingerprint density at radius 2 is 2.09 bits per heavy atom. The van der Waals surface area contributed by atoms with Gasteiger partial charge in [0.15, 0.2) is 5.82 Å². The Hall–Kier alpha value is -1.74. The fraction of sp³-hybridized carbons (Fsp3) is 0.231. The number of hydrogen-bond donors (Lipinski definition) is 2. The lowest BCUT2D eigenvalue weighted by Gasteiger charge is -2.09. The van der Waals surface area contributed by atoms with E-state index in [-0.39, 0.29) is 0 Å². The lowest BCUT2D eigenvalue weighted by Crippen LogP contribution is -2.15. The van der Waals surface area contributed by atoms with Crippen molar-refractivity contribution in [3.8, 4) is 5.75 Å². The van der Waals surface area contributed by atoms with E-state index in [9.17, 15) is 4.79 Å². The van der Waals surface area contributed by atoms with Crippen molar-refractivity contribution in [1.82, 2.24) is 15.2 Å². The van der Waals surface area contributed by atoms with Crippen molar-refractivity contribution in [1.29, 1.82) is 0 Å². The van der Waals surface area contributed by atoms with E-state index in [4.69, 9.17) is 4.74 Å². The number of nitrogens with one attached hydrogen (secondary N) is 2. The molecule has 1 aromatic carbocycles. The SMILES string of the molecule is CCOc1c(Br)cc(/C=N/Nc2nc(=O)[nH]nc2C)cc1Br. The lowest BCUT2D eigenvalue weighted by atomic mass is 10.2. The van der Waals surface area contributed by atoms with Crippen molar-refractivity contribution in [3.05, 3.63) is 42.8 Å². The molecule has 0 saturated heterocycles. The molecule has 2 N–H and O–H groups in total. The van der Waals surface area contributed by atoms with Gasteiger partial charge >= 0.3 is 5.69 Å². The fourth-order valence-corrected chi connectivity index (χ4v) is 3.05. The normalized spacial score (nSPS) is 10.9. The third-order valence-corrected chi connectivity index (χ3v) is 3.75. The predicted octanol–water partition coefficient (Wildman–Crippen LogP) is 2.84. The summed E-state index contributed by atoms with van der Waals surface area (Å²) in [5.41, 5.74) is 3.55. The van der Waals surface area contributed by atoms with Gasteiger partial charge in [-0.25, -0.2) is 9.89 Å². The molecule has 2 rings (SSSR count). The summed E-state index contributed by atoms with van der Waals surface area (Å²) in [6, 6.07) is 3.74. The van der Waals surface area contributed by atoms with Gasteiger partial charge in [-0.3, -0.25) is 5.43 Å². The fourth-order valence-electron chi connectivity index (χ4n) is 1.60. The summed E-state index contributed by atoms with van der Waals surface area (Å²) in [7, 11) is 0. The molecular formula is C13H13Br2N5O2. The third kappa shape index (κ3) is 4.14. The molecule has 0 aliphatic heterocycles. The Balaban J connectivity index is 2.17. The molecule has 7 nitrogen and oxygen atoms in total. The van der Waals surface area contributed by atoms with Crippen LogP contribution in [0.5, 0.6) is 5.75 Å². The number of hydrogen-bond acceptors (Lipinski definition) is 6. The predicted molar refractivity (Wildman–Crippen MR) is 91.6 cm³/mol. The van der Waals surface area contributed by atoms with Crippen molar-refractivity contribution in [2.45, 2.75) is 13.8 Å². The van der Waals surface area contributed by atoms with Gasteiger partial charge in [0.05, 0.1) is 21.8 Å². The van der Waals surface area contributed by atoms with Crippen LogP contribution in [0.25, 0.3) is 0 Å². The number of hydrazone groups is 1. The Morgan fingerprint density at radius 1 is 1.41 bits per heavy atom. The van der Waals surface area contributed by atoms with Crippen molar-refractivity contribution >= 4 is 43.9 Å². The van der Waals surface area contributed by atoms with Gasteiger partial charge in [0.1, 0.15) is 11.4 Å². The quantitative estimate of drug-likeness (QED) is 0.562. The largest absolute Gasteiger partial charge is 0.492 e. The highest BCUT2D eigenvalue weighted by Crippen LogP contribution is 2.34. The smallest absolute Gasteiger partial charge is 0.363 e. The average Bonchev–Trinajstić information content (AvgIpc) is 2.46. The van der Waals surface area contributed by atoms with Gasteiger partial charge in [0.2, 0.25) is 0 Å². The highest BCUT2D eigenvalue weighted by molar-refractivity contribution is 9.11. The molecule has 0 saturated carbocycles. The summed E-state index contributed by atoms with van der Waals surface area (Å²) >= 11 is 6.90. The molecule has 0 unspecified atom stereocenters. The van der Waals surface area contributed by atoms with Crippen LogP contribution >= 0.6 is 31.9 Å². The van der Waals surface area contributed by atoms with Crippen LogP contribution in [-0.4, -0.2) is 28.0 Å². The van der Waals surface area contributed by atoms with E-state index in [1.165, 1.54) is 0 Å². The van der Waals surface area contributed by atoms with Crippen LogP contribution in [0.1, 0.15) is 18.2 Å². The molecule has 0 spiro atoms. The molecule has 0 fully saturated rings. The van der Waals surface area contributed by atoms with E-state index in [0.29, 0.717) is 18.1 Å². The molecule has 22 heavy (non-hydrogen) atoms. The highest BCUT2D eigenvalue weighted by atomic mass is 79.9. The van der Waals surface area contributed by atoms with Crippen molar-refractivity contribution in [3.63, 3.8) is 0 Å². The first-order valence-electron chi connectivity index (χ1n) is 6.35. The summed E-state index contributed by atoms with van der Waals surface area (Å²) in [5.74, 6) is 1.05. The van der Waals surface area contributed by atoms with Crippen LogP contribution in [0.2, 0.25) is 0 Å². The van der Waals surface area contributed by atoms with Crippen LogP contribution in [0.4, 0.5) is 5.82 Å². The Labute approximate surface area is 143 Å². The first kappa shape index (κ1) is 16.6. The first-order chi connectivity index (χ1) is 10.5. The molecule has 9 heteroatoms. The van der Waals surface area contributed by atoms with Crippen LogP contribution < -0.4 is 15.9 Å². The van der Waals surface area contributed by atoms with Crippen molar-refractivity contribution < 1.29 is 4.74 Å².